The molecule has 2 aromatic heterocycles. The van der Waals surface area contributed by atoms with E-state index in [9.17, 15) is 4.79 Å². The first-order chi connectivity index (χ1) is 18.0. The number of H-pyrrole nitrogens is 1. The van der Waals surface area contributed by atoms with E-state index in [1.54, 1.807) is 0 Å². The first kappa shape index (κ1) is 23.7. The number of nitrogens with one attached hydrogen (secondary N) is 1. The number of tetrazole rings is 1. The fraction of sp³-hybridized carbons (Fsp3) is 0.429. The zero-order valence-electron chi connectivity index (χ0n) is 21.4. The summed E-state index contributed by atoms with van der Waals surface area (Å²) in [5.41, 5.74) is 4.86. The van der Waals surface area contributed by atoms with E-state index in [1.165, 1.54) is 24.8 Å². The van der Waals surface area contributed by atoms with Gasteiger partial charge in [-0.3, -0.25) is 9.69 Å². The molecule has 192 valence electrons. The van der Waals surface area contributed by atoms with Crippen molar-refractivity contribution in [1.82, 2.24) is 30.1 Å². The smallest absolute Gasteiger partial charge is 0.252 e. The lowest BCUT2D eigenvalue weighted by Crippen LogP contribution is -2.29. The van der Waals surface area contributed by atoms with E-state index < -0.39 is 0 Å². The zero-order valence-corrected chi connectivity index (χ0v) is 21.4. The second-order valence-corrected chi connectivity index (χ2v) is 10.3. The van der Waals surface area contributed by atoms with Crippen LogP contribution in [0.5, 0.6) is 11.5 Å². The van der Waals surface area contributed by atoms with Crippen LogP contribution in [0.15, 0.2) is 41.2 Å². The first-order valence-corrected chi connectivity index (χ1v) is 13.0. The summed E-state index contributed by atoms with van der Waals surface area (Å²) in [6, 6.07) is 12.6. The number of ether oxygens (including phenoxy) is 2. The van der Waals surface area contributed by atoms with Crippen LogP contribution in [-0.2, 0) is 19.6 Å². The Labute approximate surface area is 215 Å². The Morgan fingerprint density at radius 3 is 2.70 bits per heavy atom. The molecule has 1 aliphatic heterocycles. The van der Waals surface area contributed by atoms with Crippen molar-refractivity contribution in [2.24, 2.45) is 0 Å². The van der Waals surface area contributed by atoms with E-state index in [0.29, 0.717) is 25.7 Å². The predicted molar refractivity (Wildman–Crippen MR) is 139 cm³/mol. The summed E-state index contributed by atoms with van der Waals surface area (Å²) in [6.45, 7) is 5.95. The normalized spacial score (nSPS) is 15.6. The maximum absolute atomic E-state index is 13.2. The number of aryl methyl sites for hydroxylation is 2. The highest BCUT2D eigenvalue weighted by molar-refractivity contribution is 5.82. The van der Waals surface area contributed by atoms with E-state index >= 15 is 0 Å². The van der Waals surface area contributed by atoms with Crippen LogP contribution in [0, 0.1) is 13.8 Å². The fourth-order valence-corrected chi connectivity index (χ4v) is 5.68. The van der Waals surface area contributed by atoms with Gasteiger partial charge in [0.05, 0.1) is 18.1 Å². The lowest BCUT2D eigenvalue weighted by Gasteiger charge is -2.25. The molecule has 0 spiro atoms. The van der Waals surface area contributed by atoms with Gasteiger partial charge in [-0.05, 0) is 77.9 Å². The van der Waals surface area contributed by atoms with Gasteiger partial charge in [-0.1, -0.05) is 37.0 Å². The molecule has 9 heteroatoms. The van der Waals surface area contributed by atoms with Gasteiger partial charge in [0, 0.05) is 18.7 Å². The molecular weight excluding hydrogens is 468 g/mol. The van der Waals surface area contributed by atoms with Gasteiger partial charge in [-0.2, -0.15) is 0 Å². The standard InChI is InChI=1S/C28H32N6O3/c1-18-10-19(2)27-21(11-18)13-22(28(35)29-27)15-33(14-20-8-9-24-25(12-20)37-17-36-24)16-26-30-31-32-34(26)23-6-4-3-5-7-23/h8-13,23H,3-7,14-17H2,1-2H3,(H,29,35). The Bertz CT molecular complexity index is 1490. The molecule has 1 aliphatic carbocycles. The van der Waals surface area contributed by atoms with E-state index in [0.717, 1.165) is 57.8 Å². The Morgan fingerprint density at radius 2 is 1.84 bits per heavy atom. The van der Waals surface area contributed by atoms with Gasteiger partial charge >= 0.3 is 0 Å². The van der Waals surface area contributed by atoms with Crippen LogP contribution in [-0.4, -0.2) is 36.9 Å². The summed E-state index contributed by atoms with van der Waals surface area (Å²) in [4.78, 5) is 18.5. The molecule has 9 nitrogen and oxygen atoms in total. The number of hydrogen-bond acceptors (Lipinski definition) is 7. The highest BCUT2D eigenvalue weighted by Crippen LogP contribution is 2.33. The molecule has 0 radical (unpaired) electrons. The van der Waals surface area contributed by atoms with Crippen molar-refractivity contribution in [3.8, 4) is 11.5 Å². The van der Waals surface area contributed by atoms with Gasteiger partial charge in [-0.25, -0.2) is 4.68 Å². The van der Waals surface area contributed by atoms with Crippen LogP contribution in [0.3, 0.4) is 0 Å². The molecule has 0 bridgehead atoms. The van der Waals surface area contributed by atoms with Gasteiger partial charge in [0.1, 0.15) is 0 Å². The van der Waals surface area contributed by atoms with Crippen molar-refractivity contribution in [3.05, 3.63) is 74.8 Å². The molecule has 2 aliphatic rings. The topological polar surface area (TPSA) is 98.2 Å². The number of rotatable bonds is 7. The molecule has 1 N–H and O–H groups in total. The van der Waals surface area contributed by atoms with E-state index in [2.05, 4.69) is 44.5 Å². The van der Waals surface area contributed by atoms with E-state index in [1.807, 2.05) is 35.9 Å². The van der Waals surface area contributed by atoms with Crippen molar-refractivity contribution < 1.29 is 9.47 Å². The molecule has 37 heavy (non-hydrogen) atoms. The minimum Gasteiger partial charge on any atom is -0.454 e. The van der Waals surface area contributed by atoms with Crippen LogP contribution >= 0.6 is 0 Å². The lowest BCUT2D eigenvalue weighted by atomic mass is 9.95. The second-order valence-electron chi connectivity index (χ2n) is 10.3. The summed E-state index contributed by atoms with van der Waals surface area (Å²) in [5.74, 6) is 2.34. The average Bonchev–Trinajstić information content (AvgIpc) is 3.55. The predicted octanol–water partition coefficient (Wildman–Crippen LogP) is 4.57. The van der Waals surface area contributed by atoms with Crippen LogP contribution in [0.1, 0.15) is 66.2 Å². The lowest BCUT2D eigenvalue weighted by molar-refractivity contribution is 0.174. The summed E-state index contributed by atoms with van der Waals surface area (Å²) in [6.07, 6.45) is 5.88. The Kier molecular flexibility index (Phi) is 6.38. The monoisotopic (exact) mass is 500 g/mol. The minimum absolute atomic E-state index is 0.0676. The largest absolute Gasteiger partial charge is 0.454 e. The molecular formula is C28H32N6O3. The summed E-state index contributed by atoms with van der Waals surface area (Å²) in [5, 5.41) is 13.8. The Balaban J connectivity index is 1.33. The van der Waals surface area contributed by atoms with Crippen LogP contribution < -0.4 is 15.0 Å². The molecule has 0 unspecified atom stereocenters. The first-order valence-electron chi connectivity index (χ1n) is 13.0. The number of aromatic amines is 1. The quantitative estimate of drug-likeness (QED) is 0.397. The molecule has 6 rings (SSSR count). The van der Waals surface area contributed by atoms with Crippen molar-refractivity contribution in [2.75, 3.05) is 6.79 Å². The molecule has 3 heterocycles. The average molecular weight is 501 g/mol. The number of nitrogens with zero attached hydrogens (tertiary/aromatic N) is 5. The van der Waals surface area contributed by atoms with Gasteiger partial charge in [0.15, 0.2) is 17.3 Å². The van der Waals surface area contributed by atoms with Crippen molar-refractivity contribution >= 4 is 10.9 Å². The third-order valence-electron chi connectivity index (χ3n) is 7.45. The number of aromatic nitrogens is 5. The van der Waals surface area contributed by atoms with Gasteiger partial charge in [0.25, 0.3) is 5.56 Å². The zero-order chi connectivity index (χ0) is 25.4. The Morgan fingerprint density at radius 1 is 1.00 bits per heavy atom. The molecule has 2 aromatic carbocycles. The summed E-state index contributed by atoms with van der Waals surface area (Å²) in [7, 11) is 0. The summed E-state index contributed by atoms with van der Waals surface area (Å²) >= 11 is 0. The van der Waals surface area contributed by atoms with E-state index in [-0.39, 0.29) is 12.4 Å². The van der Waals surface area contributed by atoms with Gasteiger partial charge in [-0.15, -0.1) is 5.10 Å². The molecule has 0 atom stereocenters. The number of fused-ring (bicyclic) bond motifs is 2. The highest BCUT2D eigenvalue weighted by atomic mass is 16.7. The van der Waals surface area contributed by atoms with E-state index in [4.69, 9.17) is 9.47 Å². The summed E-state index contributed by atoms with van der Waals surface area (Å²) < 4.78 is 13.1. The molecule has 1 saturated carbocycles. The van der Waals surface area contributed by atoms with Crippen molar-refractivity contribution in [1.29, 1.82) is 0 Å². The number of pyridine rings is 1. The van der Waals surface area contributed by atoms with Crippen molar-refractivity contribution in [2.45, 2.75) is 71.6 Å². The van der Waals surface area contributed by atoms with Crippen molar-refractivity contribution in [3.63, 3.8) is 0 Å². The third kappa shape index (κ3) is 4.96. The van der Waals surface area contributed by atoms with Crippen LogP contribution in [0.4, 0.5) is 0 Å². The van der Waals surface area contributed by atoms with Gasteiger partial charge < -0.3 is 14.5 Å². The van der Waals surface area contributed by atoms with Gasteiger partial charge in [0.2, 0.25) is 6.79 Å². The number of hydrogen-bond donors (Lipinski definition) is 1. The fourth-order valence-electron chi connectivity index (χ4n) is 5.68. The van der Waals surface area contributed by atoms with Crippen LogP contribution in [0.25, 0.3) is 10.9 Å². The molecule has 0 saturated heterocycles. The second kappa shape index (κ2) is 9.97. The molecule has 1 fully saturated rings. The maximum atomic E-state index is 13.2. The highest BCUT2D eigenvalue weighted by Gasteiger charge is 2.23. The van der Waals surface area contributed by atoms with Crippen LogP contribution in [0.2, 0.25) is 0 Å². The maximum Gasteiger partial charge on any atom is 0.252 e. The minimum atomic E-state index is -0.0676. The number of benzene rings is 2. The SMILES string of the molecule is Cc1cc(C)c2[nH]c(=O)c(CN(Cc3ccc4c(c3)OCO4)Cc3nnnn3C3CCCCC3)cc2c1. The molecule has 4 aromatic rings. The Hall–Kier alpha value is -3.72. The molecule has 0 amide bonds. The third-order valence-corrected chi connectivity index (χ3v) is 7.45.